The topological polar surface area (TPSA) is 73.9 Å². The number of carbonyl (C=O) groups excluding carboxylic acids is 2. The van der Waals surface area contributed by atoms with Gasteiger partial charge in [0.15, 0.2) is 11.5 Å². The zero-order valence-corrected chi connectivity index (χ0v) is 15.2. The zero-order chi connectivity index (χ0) is 18.3. The van der Waals surface area contributed by atoms with Crippen LogP contribution in [-0.2, 0) is 19.7 Å². The lowest BCUT2D eigenvalue weighted by atomic mass is 9.71. The Kier molecular flexibility index (Phi) is 6.42. The first-order chi connectivity index (χ1) is 11.9. The molecule has 0 saturated carbocycles. The average molecular weight is 349 g/mol. The lowest BCUT2D eigenvalue weighted by Crippen LogP contribution is -2.40. The molecule has 1 aromatic carbocycles. The van der Waals surface area contributed by atoms with Crippen molar-refractivity contribution in [2.24, 2.45) is 0 Å². The fraction of sp³-hybridized carbons (Fsp3) is 0.579. The standard InChI is InChI=1S/C14H17NO3.C5H10O2/c16-8-5-14(3-6-15-7-4-14)11-1-2-12-13(9-11)18-10-17-12;1-5(2,3)7-4-6/h1-2,8-9,15H,3-7,10H2;4H,1-3H3. The molecule has 0 atom stereocenters. The summed E-state index contributed by atoms with van der Waals surface area (Å²) in [6.07, 6.45) is 3.60. The zero-order valence-electron chi connectivity index (χ0n) is 15.2. The van der Waals surface area contributed by atoms with Crippen molar-refractivity contribution < 1.29 is 23.8 Å². The summed E-state index contributed by atoms with van der Waals surface area (Å²) in [4.78, 5) is 20.6. The van der Waals surface area contributed by atoms with Crippen LogP contribution in [0, 0.1) is 0 Å². The van der Waals surface area contributed by atoms with E-state index in [-0.39, 0.29) is 11.0 Å². The van der Waals surface area contributed by atoms with Crippen LogP contribution in [0.4, 0.5) is 0 Å². The van der Waals surface area contributed by atoms with Crippen LogP contribution in [0.25, 0.3) is 0 Å². The highest BCUT2D eigenvalue weighted by Crippen LogP contribution is 2.41. The molecule has 1 saturated heterocycles. The number of ether oxygens (including phenoxy) is 3. The van der Waals surface area contributed by atoms with E-state index >= 15 is 0 Å². The van der Waals surface area contributed by atoms with E-state index in [4.69, 9.17) is 9.47 Å². The van der Waals surface area contributed by atoms with Gasteiger partial charge in [0.25, 0.3) is 6.47 Å². The Bertz CT molecular complexity index is 588. The van der Waals surface area contributed by atoms with Gasteiger partial charge < -0.3 is 24.3 Å². The first kappa shape index (κ1) is 19.2. The molecule has 1 N–H and O–H groups in total. The van der Waals surface area contributed by atoms with Crippen LogP contribution in [0.3, 0.4) is 0 Å². The van der Waals surface area contributed by atoms with Crippen LogP contribution in [0.5, 0.6) is 11.5 Å². The number of aldehydes is 1. The summed E-state index contributed by atoms with van der Waals surface area (Å²) in [6, 6.07) is 6.06. The average Bonchev–Trinajstić information content (AvgIpc) is 3.03. The smallest absolute Gasteiger partial charge is 0.293 e. The molecule has 2 aliphatic rings. The van der Waals surface area contributed by atoms with E-state index in [1.165, 1.54) is 5.56 Å². The molecule has 2 aliphatic heterocycles. The molecular weight excluding hydrogens is 322 g/mol. The molecule has 6 nitrogen and oxygen atoms in total. The predicted octanol–water partition coefficient (Wildman–Crippen LogP) is 2.58. The van der Waals surface area contributed by atoms with Gasteiger partial charge in [-0.15, -0.1) is 0 Å². The van der Waals surface area contributed by atoms with Crippen molar-refractivity contribution in [2.45, 2.75) is 51.0 Å². The quantitative estimate of drug-likeness (QED) is 0.842. The third kappa shape index (κ3) is 5.19. The van der Waals surface area contributed by atoms with Gasteiger partial charge in [0.05, 0.1) is 0 Å². The summed E-state index contributed by atoms with van der Waals surface area (Å²) >= 11 is 0. The number of fused-ring (bicyclic) bond motifs is 1. The van der Waals surface area contributed by atoms with Crippen LogP contribution in [-0.4, -0.2) is 38.2 Å². The van der Waals surface area contributed by atoms with Gasteiger partial charge in [-0.05, 0) is 64.4 Å². The van der Waals surface area contributed by atoms with Gasteiger partial charge in [-0.1, -0.05) is 6.07 Å². The Hall–Kier alpha value is -2.08. The van der Waals surface area contributed by atoms with Crippen molar-refractivity contribution in [3.63, 3.8) is 0 Å². The SMILES string of the molecule is CC(C)(C)OC=O.O=CCC1(c2ccc3c(c2)OCO3)CCNCC1. The number of rotatable bonds is 4. The number of benzene rings is 1. The number of carbonyl (C=O) groups is 2. The van der Waals surface area contributed by atoms with E-state index in [1.807, 2.05) is 32.9 Å². The summed E-state index contributed by atoms with van der Waals surface area (Å²) in [6.45, 7) is 8.13. The second kappa shape index (κ2) is 8.34. The van der Waals surface area contributed by atoms with Gasteiger partial charge in [0.1, 0.15) is 11.9 Å². The number of hydrogen-bond acceptors (Lipinski definition) is 6. The van der Waals surface area contributed by atoms with E-state index in [1.54, 1.807) is 0 Å². The molecule has 1 aromatic rings. The van der Waals surface area contributed by atoms with Crippen LogP contribution in [0.15, 0.2) is 18.2 Å². The molecule has 0 bridgehead atoms. The van der Waals surface area contributed by atoms with Crippen LogP contribution >= 0.6 is 0 Å². The van der Waals surface area contributed by atoms with E-state index in [0.717, 1.165) is 43.7 Å². The second-order valence-corrected chi connectivity index (χ2v) is 7.30. The molecule has 6 heteroatoms. The fourth-order valence-corrected chi connectivity index (χ4v) is 3.05. The Morgan fingerprint density at radius 1 is 1.16 bits per heavy atom. The first-order valence-electron chi connectivity index (χ1n) is 8.56. The lowest BCUT2D eigenvalue weighted by Gasteiger charge is -2.37. The van der Waals surface area contributed by atoms with E-state index in [2.05, 4.69) is 16.1 Å². The summed E-state index contributed by atoms with van der Waals surface area (Å²) < 4.78 is 15.3. The summed E-state index contributed by atoms with van der Waals surface area (Å²) in [5, 5.41) is 3.35. The monoisotopic (exact) mass is 349 g/mol. The number of piperidine rings is 1. The maximum absolute atomic E-state index is 11.0. The molecule has 0 amide bonds. The van der Waals surface area contributed by atoms with Crippen LogP contribution in [0.1, 0.15) is 45.6 Å². The second-order valence-electron chi connectivity index (χ2n) is 7.30. The molecule has 0 radical (unpaired) electrons. The third-order valence-corrected chi connectivity index (χ3v) is 4.42. The highest BCUT2D eigenvalue weighted by Gasteiger charge is 2.34. The molecule has 1 fully saturated rings. The maximum Gasteiger partial charge on any atom is 0.293 e. The molecule has 138 valence electrons. The van der Waals surface area contributed by atoms with Crippen molar-refractivity contribution in [1.29, 1.82) is 0 Å². The maximum atomic E-state index is 11.0. The first-order valence-corrected chi connectivity index (χ1v) is 8.56. The molecule has 2 heterocycles. The summed E-state index contributed by atoms with van der Waals surface area (Å²) in [7, 11) is 0. The normalized spacial score (nSPS) is 17.9. The fourth-order valence-electron chi connectivity index (χ4n) is 3.05. The number of nitrogens with one attached hydrogen (secondary N) is 1. The minimum Gasteiger partial charge on any atom is -0.462 e. The van der Waals surface area contributed by atoms with Gasteiger partial charge in [0, 0.05) is 11.8 Å². The van der Waals surface area contributed by atoms with E-state index < -0.39 is 0 Å². The number of hydrogen-bond donors (Lipinski definition) is 1. The Morgan fingerprint density at radius 2 is 1.84 bits per heavy atom. The highest BCUT2D eigenvalue weighted by atomic mass is 16.7. The van der Waals surface area contributed by atoms with Gasteiger partial charge in [0.2, 0.25) is 6.79 Å². The van der Waals surface area contributed by atoms with Gasteiger partial charge in [-0.2, -0.15) is 0 Å². The lowest BCUT2D eigenvalue weighted by molar-refractivity contribution is -0.138. The van der Waals surface area contributed by atoms with Crippen molar-refractivity contribution in [3.05, 3.63) is 23.8 Å². The van der Waals surface area contributed by atoms with Gasteiger partial charge in [-0.3, -0.25) is 4.79 Å². The van der Waals surface area contributed by atoms with Crippen molar-refractivity contribution in [2.75, 3.05) is 19.9 Å². The van der Waals surface area contributed by atoms with E-state index in [0.29, 0.717) is 19.7 Å². The van der Waals surface area contributed by atoms with Crippen LogP contribution < -0.4 is 14.8 Å². The van der Waals surface area contributed by atoms with Gasteiger partial charge >= 0.3 is 0 Å². The minimum atomic E-state index is -0.318. The summed E-state index contributed by atoms with van der Waals surface area (Å²) in [5.74, 6) is 1.60. The molecular formula is C19H27NO5. The van der Waals surface area contributed by atoms with Crippen molar-refractivity contribution >= 4 is 12.8 Å². The Labute approximate surface area is 148 Å². The van der Waals surface area contributed by atoms with E-state index in [9.17, 15) is 9.59 Å². The highest BCUT2D eigenvalue weighted by molar-refractivity contribution is 5.55. The van der Waals surface area contributed by atoms with Crippen LogP contribution in [0.2, 0.25) is 0 Å². The Morgan fingerprint density at radius 3 is 2.40 bits per heavy atom. The van der Waals surface area contributed by atoms with Crippen molar-refractivity contribution in [3.8, 4) is 11.5 Å². The molecule has 0 unspecified atom stereocenters. The van der Waals surface area contributed by atoms with Crippen molar-refractivity contribution in [1.82, 2.24) is 5.32 Å². The molecule has 0 spiro atoms. The predicted molar refractivity (Wildman–Crippen MR) is 93.9 cm³/mol. The Balaban J connectivity index is 0.000000277. The van der Waals surface area contributed by atoms with Gasteiger partial charge in [-0.25, -0.2) is 0 Å². The third-order valence-electron chi connectivity index (χ3n) is 4.42. The molecule has 25 heavy (non-hydrogen) atoms. The minimum absolute atomic E-state index is 0.0337. The molecule has 0 aliphatic carbocycles. The molecule has 3 rings (SSSR count). The molecule has 0 aromatic heterocycles. The largest absolute Gasteiger partial charge is 0.462 e. The summed E-state index contributed by atoms with van der Waals surface area (Å²) in [5.41, 5.74) is 0.843.